The van der Waals surface area contributed by atoms with E-state index in [0.29, 0.717) is 19.1 Å². The maximum atomic E-state index is 8.50. The number of aliphatic hydroxyl groups excluding tert-OH is 2. The van der Waals surface area contributed by atoms with Crippen LogP contribution in [0, 0.1) is 0 Å². The molecule has 3 N–H and O–H groups in total. The van der Waals surface area contributed by atoms with Gasteiger partial charge in [-0.25, -0.2) is 4.79 Å². The predicted molar refractivity (Wildman–Crippen MR) is 36.4 cm³/mol. The van der Waals surface area contributed by atoms with Crippen LogP contribution in [0.15, 0.2) is 0 Å². The molecule has 1 atom stereocenters. The van der Waals surface area contributed by atoms with Crippen molar-refractivity contribution in [2.45, 2.75) is 18.9 Å². The summed E-state index contributed by atoms with van der Waals surface area (Å²) in [6.07, 6.45) is 2.38. The third-order valence-corrected chi connectivity index (χ3v) is 1.38. The van der Waals surface area contributed by atoms with Crippen molar-refractivity contribution in [2.75, 3.05) is 13.2 Å². The molecule has 10 heavy (non-hydrogen) atoms. The van der Waals surface area contributed by atoms with Crippen molar-refractivity contribution >= 4 is 6.47 Å². The summed E-state index contributed by atoms with van der Waals surface area (Å²) in [5.74, 6) is 0. The van der Waals surface area contributed by atoms with Gasteiger partial charge in [0.2, 0.25) is 0 Å². The molecule has 0 saturated carbocycles. The fourth-order valence-corrected chi connectivity index (χ4v) is 0.913. The van der Waals surface area contributed by atoms with Crippen LogP contribution in [-0.2, 0) is 4.79 Å². The Morgan fingerprint density at radius 2 is 2.30 bits per heavy atom. The van der Waals surface area contributed by atoms with Gasteiger partial charge in [0, 0.05) is 6.04 Å². The van der Waals surface area contributed by atoms with Gasteiger partial charge in [-0.3, -0.25) is 0 Å². The minimum absolute atomic E-state index is 0.306. The molecule has 1 heterocycles. The number of nitrogens with one attached hydrogen (secondary N) is 1. The van der Waals surface area contributed by atoms with E-state index in [-0.39, 0.29) is 0 Å². The van der Waals surface area contributed by atoms with Crippen LogP contribution in [0.2, 0.25) is 0 Å². The molecule has 1 aliphatic rings. The lowest BCUT2D eigenvalue weighted by Crippen LogP contribution is -2.24. The van der Waals surface area contributed by atoms with Gasteiger partial charge in [-0.15, -0.1) is 0 Å². The molecule has 0 spiro atoms. The van der Waals surface area contributed by atoms with Crippen molar-refractivity contribution in [1.82, 2.24) is 5.32 Å². The van der Waals surface area contributed by atoms with E-state index < -0.39 is 0 Å². The molecule has 4 heteroatoms. The fourth-order valence-electron chi connectivity index (χ4n) is 0.913. The monoisotopic (exact) mass is 146 g/mol. The lowest BCUT2D eigenvalue weighted by Gasteiger charge is -2.01. The highest BCUT2D eigenvalue weighted by Gasteiger charge is 2.10. The molecule has 59 valence electrons. The maximum Gasteiger partial charge on any atom is 0.414 e. The van der Waals surface area contributed by atoms with E-state index >= 15 is 0 Å². The topological polar surface area (TPSA) is 69.6 Å². The molecule has 1 rings (SSSR count). The van der Waals surface area contributed by atoms with Crippen LogP contribution < -0.4 is 5.32 Å². The molecule has 1 radical (unpaired) electrons. The Bertz CT molecular complexity index is 81.1. The average Bonchev–Trinajstić information content (AvgIpc) is 2.39. The predicted octanol–water partition coefficient (Wildman–Crippen LogP) is -0.658. The summed E-state index contributed by atoms with van der Waals surface area (Å²) in [4.78, 5) is 8.24. The zero-order valence-corrected chi connectivity index (χ0v) is 5.71. The van der Waals surface area contributed by atoms with E-state index in [9.17, 15) is 0 Å². The molecule has 0 amide bonds. The van der Waals surface area contributed by atoms with E-state index in [4.69, 9.17) is 15.0 Å². The van der Waals surface area contributed by atoms with Crippen LogP contribution in [-0.4, -0.2) is 35.9 Å². The summed E-state index contributed by atoms with van der Waals surface area (Å²) < 4.78 is 0. The molecule has 0 aromatic carbocycles. The van der Waals surface area contributed by atoms with Crippen molar-refractivity contribution in [3.8, 4) is 0 Å². The first-order valence-corrected chi connectivity index (χ1v) is 3.20. The van der Waals surface area contributed by atoms with Gasteiger partial charge in [-0.05, 0) is 19.4 Å². The molecule has 4 nitrogen and oxygen atoms in total. The highest BCUT2D eigenvalue weighted by atomic mass is 16.3. The maximum absolute atomic E-state index is 8.50. The number of hydrogen-bond donors (Lipinski definition) is 3. The quantitative estimate of drug-likeness (QED) is 0.459. The summed E-state index contributed by atoms with van der Waals surface area (Å²) in [7, 11) is 0. The van der Waals surface area contributed by atoms with E-state index in [1.165, 1.54) is 6.42 Å². The zero-order valence-electron chi connectivity index (χ0n) is 5.71. The van der Waals surface area contributed by atoms with Gasteiger partial charge >= 0.3 is 6.47 Å². The van der Waals surface area contributed by atoms with Crippen LogP contribution in [0.1, 0.15) is 12.8 Å². The lowest BCUT2D eigenvalue weighted by molar-refractivity contribution is 0.255. The SMILES string of the molecule is O=[C]O.OCC1CCCN1. The Labute approximate surface area is 59.9 Å². The first-order chi connectivity index (χ1) is 4.85. The first-order valence-electron chi connectivity index (χ1n) is 3.20. The van der Waals surface area contributed by atoms with Gasteiger partial charge in [0.15, 0.2) is 0 Å². The molecule has 1 fully saturated rings. The summed E-state index contributed by atoms with van der Waals surface area (Å²) in [5, 5.41) is 18.4. The molecular formula is C6H12NO3. The van der Waals surface area contributed by atoms with Gasteiger partial charge in [0.1, 0.15) is 0 Å². The normalized spacial score (nSPS) is 23.1. The van der Waals surface area contributed by atoms with Gasteiger partial charge in [0.25, 0.3) is 0 Å². The summed E-state index contributed by atoms with van der Waals surface area (Å²) >= 11 is 0. The Hall–Kier alpha value is -0.610. The lowest BCUT2D eigenvalue weighted by atomic mass is 10.2. The Balaban J connectivity index is 0.000000236. The Morgan fingerprint density at radius 3 is 2.50 bits per heavy atom. The number of rotatable bonds is 1. The summed E-state index contributed by atoms with van der Waals surface area (Å²) in [6.45, 7) is 1.89. The molecular weight excluding hydrogens is 134 g/mol. The van der Waals surface area contributed by atoms with Crippen molar-refractivity contribution in [1.29, 1.82) is 0 Å². The minimum atomic E-state index is 0.306. The fraction of sp³-hybridized carbons (Fsp3) is 0.833. The van der Waals surface area contributed by atoms with Crippen LogP contribution in [0.5, 0.6) is 0 Å². The highest BCUT2D eigenvalue weighted by Crippen LogP contribution is 2.02. The van der Waals surface area contributed by atoms with Crippen LogP contribution >= 0.6 is 0 Å². The first kappa shape index (κ1) is 9.39. The smallest absolute Gasteiger partial charge is 0.414 e. The minimum Gasteiger partial charge on any atom is -0.473 e. The molecule has 1 unspecified atom stereocenters. The summed E-state index contributed by atoms with van der Waals surface area (Å²) in [6, 6.07) is 0.403. The number of hydrogen-bond acceptors (Lipinski definition) is 3. The largest absolute Gasteiger partial charge is 0.473 e. The molecule has 1 saturated heterocycles. The van der Waals surface area contributed by atoms with Crippen LogP contribution in [0.25, 0.3) is 0 Å². The third kappa shape index (κ3) is 4.29. The third-order valence-electron chi connectivity index (χ3n) is 1.38. The van der Waals surface area contributed by atoms with Gasteiger partial charge in [-0.1, -0.05) is 0 Å². The van der Waals surface area contributed by atoms with Crippen molar-refractivity contribution in [3.63, 3.8) is 0 Å². The van der Waals surface area contributed by atoms with Crippen LogP contribution in [0.4, 0.5) is 0 Å². The van der Waals surface area contributed by atoms with Gasteiger partial charge in [-0.2, -0.15) is 0 Å². The molecule has 0 bridgehead atoms. The second-order valence-electron chi connectivity index (χ2n) is 2.07. The second kappa shape index (κ2) is 6.51. The molecule has 1 aliphatic heterocycles. The highest BCUT2D eigenvalue weighted by molar-refractivity contribution is 5.34. The van der Waals surface area contributed by atoms with E-state index in [1.807, 2.05) is 0 Å². The van der Waals surface area contributed by atoms with Crippen molar-refractivity contribution < 1.29 is 15.0 Å². The van der Waals surface area contributed by atoms with E-state index in [2.05, 4.69) is 5.32 Å². The van der Waals surface area contributed by atoms with Crippen molar-refractivity contribution in [3.05, 3.63) is 0 Å². The van der Waals surface area contributed by atoms with Crippen molar-refractivity contribution in [2.24, 2.45) is 0 Å². The zero-order chi connectivity index (χ0) is 7.82. The summed E-state index contributed by atoms with van der Waals surface area (Å²) in [5.41, 5.74) is 0. The second-order valence-corrected chi connectivity index (χ2v) is 2.07. The molecule has 0 aromatic heterocycles. The Morgan fingerprint density at radius 1 is 1.70 bits per heavy atom. The standard InChI is InChI=1S/C5H11NO.CHO2/c7-4-5-2-1-3-6-5;2-1-3/h5-7H,1-4H2;(H,2,3). The average molecular weight is 146 g/mol. The van der Waals surface area contributed by atoms with Crippen LogP contribution in [0.3, 0.4) is 0 Å². The van der Waals surface area contributed by atoms with E-state index in [0.717, 1.165) is 13.0 Å². The van der Waals surface area contributed by atoms with Gasteiger partial charge in [0.05, 0.1) is 6.61 Å². The van der Waals surface area contributed by atoms with E-state index in [1.54, 1.807) is 0 Å². The van der Waals surface area contributed by atoms with Gasteiger partial charge < -0.3 is 15.5 Å². The number of aliphatic hydroxyl groups is 1. The Kier molecular flexibility index (Phi) is 6.11. The molecule has 0 aromatic rings. The molecule has 0 aliphatic carbocycles.